The van der Waals surface area contributed by atoms with Crippen LogP contribution in [0.2, 0.25) is 5.02 Å². The fourth-order valence-electron chi connectivity index (χ4n) is 2.71. The molecule has 0 aromatic heterocycles. The molecule has 0 unspecified atom stereocenters. The van der Waals surface area contributed by atoms with Crippen LogP contribution < -0.4 is 4.74 Å². The van der Waals surface area contributed by atoms with E-state index in [1.54, 1.807) is 17.0 Å². The first kappa shape index (κ1) is 16.1. The van der Waals surface area contributed by atoms with Crippen LogP contribution in [0.3, 0.4) is 0 Å². The van der Waals surface area contributed by atoms with Crippen molar-refractivity contribution in [2.24, 2.45) is 0 Å². The number of carbonyl (C=O) groups excluding carboxylic acids is 1. The predicted molar refractivity (Wildman–Crippen MR) is 85.1 cm³/mol. The van der Waals surface area contributed by atoms with Gasteiger partial charge in [-0.05, 0) is 18.2 Å². The zero-order chi connectivity index (χ0) is 15.6. The van der Waals surface area contributed by atoms with Crippen molar-refractivity contribution < 1.29 is 19.0 Å². The van der Waals surface area contributed by atoms with Crippen molar-refractivity contribution in [3.63, 3.8) is 0 Å². The highest BCUT2D eigenvalue weighted by Gasteiger charge is 2.40. The van der Waals surface area contributed by atoms with E-state index in [0.717, 1.165) is 4.47 Å². The largest absolute Gasteiger partial charge is 0.482 e. The molecule has 0 aliphatic carbocycles. The van der Waals surface area contributed by atoms with E-state index in [9.17, 15) is 4.79 Å². The molecule has 5 nitrogen and oxygen atoms in total. The normalized spacial score (nSPS) is 20.4. The molecule has 120 valence electrons. The van der Waals surface area contributed by atoms with Gasteiger partial charge in [0, 0.05) is 30.4 Å². The van der Waals surface area contributed by atoms with E-state index in [1.165, 1.54) is 0 Å². The van der Waals surface area contributed by atoms with Crippen LogP contribution in [0.4, 0.5) is 0 Å². The Morgan fingerprint density at radius 3 is 2.64 bits per heavy atom. The molecule has 1 aromatic rings. The minimum Gasteiger partial charge on any atom is -0.482 e. The van der Waals surface area contributed by atoms with Gasteiger partial charge < -0.3 is 19.1 Å². The van der Waals surface area contributed by atoms with Gasteiger partial charge in [-0.1, -0.05) is 27.5 Å². The summed E-state index contributed by atoms with van der Waals surface area (Å²) in [5, 5.41) is 0.479. The maximum absolute atomic E-state index is 12.2. The predicted octanol–water partition coefficient (Wildman–Crippen LogP) is 2.85. The molecule has 0 saturated carbocycles. The second-order valence-electron chi connectivity index (χ2n) is 5.35. The van der Waals surface area contributed by atoms with Gasteiger partial charge in [-0.15, -0.1) is 0 Å². The monoisotopic (exact) mass is 389 g/mol. The number of carbonyl (C=O) groups is 1. The van der Waals surface area contributed by atoms with E-state index in [0.29, 0.717) is 49.9 Å². The summed E-state index contributed by atoms with van der Waals surface area (Å²) < 4.78 is 17.7. The summed E-state index contributed by atoms with van der Waals surface area (Å²) in [7, 11) is 0. The maximum atomic E-state index is 12.2. The van der Waals surface area contributed by atoms with Crippen LogP contribution in [0.25, 0.3) is 0 Å². The third-order valence-corrected chi connectivity index (χ3v) is 4.73. The third kappa shape index (κ3) is 3.56. The van der Waals surface area contributed by atoms with Crippen LogP contribution in [0.15, 0.2) is 22.7 Å². The Morgan fingerprint density at radius 2 is 2.00 bits per heavy atom. The van der Waals surface area contributed by atoms with Crippen LogP contribution in [-0.4, -0.2) is 49.5 Å². The zero-order valence-corrected chi connectivity index (χ0v) is 14.4. The fourth-order valence-corrected chi connectivity index (χ4v) is 3.43. The Balaban J connectivity index is 1.50. The molecule has 2 heterocycles. The molecule has 1 amide bonds. The summed E-state index contributed by atoms with van der Waals surface area (Å²) in [6.07, 6.45) is 1.41. The summed E-state index contributed by atoms with van der Waals surface area (Å²) in [5.74, 6) is -0.00637. The number of nitrogens with zero attached hydrogens (tertiary/aromatic N) is 1. The molecule has 0 atom stereocenters. The summed E-state index contributed by atoms with van der Waals surface area (Å²) in [6.45, 7) is 2.50. The average molecular weight is 391 g/mol. The highest BCUT2D eigenvalue weighted by molar-refractivity contribution is 9.10. The van der Waals surface area contributed by atoms with E-state index in [-0.39, 0.29) is 12.5 Å². The van der Waals surface area contributed by atoms with E-state index >= 15 is 0 Å². The number of hydrogen-bond acceptors (Lipinski definition) is 4. The minimum absolute atomic E-state index is 0.0178. The Bertz CT molecular complexity index is 552. The van der Waals surface area contributed by atoms with E-state index in [1.807, 2.05) is 6.07 Å². The standard InChI is InChI=1S/C15H17BrClNO4/c16-11-1-2-13(12(17)9-11)20-10-14(19)18-5-3-15(4-6-18)21-7-8-22-15/h1-2,9H,3-8,10H2. The number of likely N-dealkylation sites (tertiary alicyclic amines) is 1. The first-order valence-corrected chi connectivity index (χ1v) is 8.39. The van der Waals surface area contributed by atoms with Crippen LogP contribution in [0.1, 0.15) is 12.8 Å². The summed E-state index contributed by atoms with van der Waals surface area (Å²) >= 11 is 9.40. The Kier molecular flexibility index (Phi) is 4.92. The zero-order valence-electron chi connectivity index (χ0n) is 12.0. The number of halogens is 2. The lowest BCUT2D eigenvalue weighted by molar-refractivity contribution is -0.187. The number of hydrogen-bond donors (Lipinski definition) is 0. The van der Waals surface area contributed by atoms with Crippen LogP contribution in [-0.2, 0) is 14.3 Å². The number of amides is 1. The van der Waals surface area contributed by atoms with Gasteiger partial charge in [0.05, 0.1) is 18.2 Å². The molecular weight excluding hydrogens is 374 g/mol. The lowest BCUT2D eigenvalue weighted by atomic mass is 10.0. The second-order valence-corrected chi connectivity index (χ2v) is 6.67. The van der Waals surface area contributed by atoms with Gasteiger partial charge in [0.1, 0.15) is 5.75 Å². The Labute approximate surface area is 142 Å². The van der Waals surface area contributed by atoms with E-state index in [2.05, 4.69) is 15.9 Å². The molecular formula is C15H17BrClNO4. The molecule has 2 aliphatic heterocycles. The van der Waals surface area contributed by atoms with E-state index in [4.69, 9.17) is 25.8 Å². The van der Waals surface area contributed by atoms with Crippen molar-refractivity contribution >= 4 is 33.4 Å². The quantitative estimate of drug-likeness (QED) is 0.796. The lowest BCUT2D eigenvalue weighted by Crippen LogP contribution is -2.48. The molecule has 7 heteroatoms. The second kappa shape index (κ2) is 6.74. The fraction of sp³-hybridized carbons (Fsp3) is 0.533. The molecule has 1 spiro atoms. The van der Waals surface area contributed by atoms with Crippen LogP contribution in [0.5, 0.6) is 5.75 Å². The van der Waals surface area contributed by atoms with Crippen LogP contribution in [0, 0.1) is 0 Å². The smallest absolute Gasteiger partial charge is 0.260 e. The molecule has 0 radical (unpaired) electrons. The van der Waals surface area contributed by atoms with Crippen molar-refractivity contribution in [1.82, 2.24) is 4.90 Å². The summed E-state index contributed by atoms with van der Waals surface area (Å²) in [6, 6.07) is 5.30. The van der Waals surface area contributed by atoms with E-state index < -0.39 is 5.79 Å². The third-order valence-electron chi connectivity index (χ3n) is 3.94. The molecule has 1 aromatic carbocycles. The minimum atomic E-state index is -0.466. The number of ether oxygens (including phenoxy) is 3. The highest BCUT2D eigenvalue weighted by Crippen LogP contribution is 2.31. The first-order valence-electron chi connectivity index (χ1n) is 7.22. The van der Waals surface area contributed by atoms with Crippen LogP contribution >= 0.6 is 27.5 Å². The number of benzene rings is 1. The molecule has 2 fully saturated rings. The maximum Gasteiger partial charge on any atom is 0.260 e. The van der Waals surface area contributed by atoms with Gasteiger partial charge >= 0.3 is 0 Å². The Morgan fingerprint density at radius 1 is 1.32 bits per heavy atom. The summed E-state index contributed by atoms with van der Waals surface area (Å²) in [4.78, 5) is 14.0. The SMILES string of the molecule is O=C(COc1ccc(Br)cc1Cl)N1CCC2(CC1)OCCO2. The molecule has 3 rings (SSSR count). The van der Waals surface area contributed by atoms with Crippen molar-refractivity contribution in [3.8, 4) is 5.75 Å². The average Bonchev–Trinajstić information content (AvgIpc) is 2.95. The summed E-state index contributed by atoms with van der Waals surface area (Å²) in [5.41, 5.74) is 0. The van der Waals surface area contributed by atoms with Crippen molar-refractivity contribution in [1.29, 1.82) is 0 Å². The van der Waals surface area contributed by atoms with Crippen molar-refractivity contribution in [2.45, 2.75) is 18.6 Å². The van der Waals surface area contributed by atoms with Gasteiger partial charge in [0.25, 0.3) is 5.91 Å². The molecule has 0 bridgehead atoms. The molecule has 22 heavy (non-hydrogen) atoms. The van der Waals surface area contributed by atoms with Gasteiger partial charge in [-0.25, -0.2) is 0 Å². The van der Waals surface area contributed by atoms with Gasteiger partial charge in [0.15, 0.2) is 12.4 Å². The molecule has 0 N–H and O–H groups in total. The Hall–Kier alpha value is -0.820. The number of rotatable bonds is 3. The highest BCUT2D eigenvalue weighted by atomic mass is 79.9. The first-order chi connectivity index (χ1) is 10.6. The molecule has 2 saturated heterocycles. The number of piperidine rings is 1. The molecule has 2 aliphatic rings. The topological polar surface area (TPSA) is 48.0 Å². The lowest BCUT2D eigenvalue weighted by Gasteiger charge is -2.37. The van der Waals surface area contributed by atoms with Crippen molar-refractivity contribution in [2.75, 3.05) is 32.9 Å². The van der Waals surface area contributed by atoms with Gasteiger partial charge in [0.2, 0.25) is 0 Å². The van der Waals surface area contributed by atoms with Gasteiger partial charge in [-0.3, -0.25) is 4.79 Å². The van der Waals surface area contributed by atoms with Crippen molar-refractivity contribution in [3.05, 3.63) is 27.7 Å². The van der Waals surface area contributed by atoms with Gasteiger partial charge in [-0.2, -0.15) is 0 Å².